The summed E-state index contributed by atoms with van der Waals surface area (Å²) in [4.78, 5) is 15.5. The average molecular weight is 595 g/mol. The Balaban J connectivity index is 1.31. The summed E-state index contributed by atoms with van der Waals surface area (Å²) in [5, 5.41) is 6.92. The third-order valence-corrected chi connectivity index (χ3v) is 9.89. The summed E-state index contributed by atoms with van der Waals surface area (Å²) in [5.74, 6) is 1.84. The topological polar surface area (TPSA) is 56.7 Å². The van der Waals surface area contributed by atoms with Gasteiger partial charge in [0.05, 0.1) is 11.0 Å². The highest BCUT2D eigenvalue weighted by Crippen LogP contribution is 2.41. The molecule has 0 radical (unpaired) electrons. The van der Waals surface area contributed by atoms with Crippen molar-refractivity contribution in [3.63, 3.8) is 0 Å². The van der Waals surface area contributed by atoms with Crippen molar-refractivity contribution in [2.24, 2.45) is 0 Å². The van der Waals surface area contributed by atoms with Crippen molar-refractivity contribution in [1.29, 1.82) is 0 Å². The summed E-state index contributed by atoms with van der Waals surface area (Å²) in [7, 11) is 0. The Morgan fingerprint density at radius 1 is 0.489 bits per heavy atom. The van der Waals surface area contributed by atoms with E-state index in [9.17, 15) is 0 Å². The summed E-state index contributed by atoms with van der Waals surface area (Å²) < 4.78 is 10.9. The van der Waals surface area contributed by atoms with E-state index in [-0.39, 0.29) is 0 Å². The van der Waals surface area contributed by atoms with Gasteiger partial charge < -0.3 is 4.42 Å². The molecular weight excluding hydrogens is 573 g/mol. The molecule has 0 unspecified atom stereocenters. The molecule has 5 nitrogen and oxygen atoms in total. The van der Waals surface area contributed by atoms with E-state index in [1.165, 1.54) is 20.2 Å². The minimum absolute atomic E-state index is 0.568. The zero-order valence-corrected chi connectivity index (χ0v) is 24.6. The van der Waals surface area contributed by atoms with E-state index in [2.05, 4.69) is 95.6 Å². The molecule has 10 rings (SSSR count). The van der Waals surface area contributed by atoms with Crippen LogP contribution in [-0.4, -0.2) is 19.5 Å². The number of hydrogen-bond acceptors (Lipinski definition) is 5. The zero-order valence-electron chi connectivity index (χ0n) is 23.8. The number of hydrogen-bond donors (Lipinski definition) is 0. The lowest BCUT2D eigenvalue weighted by Crippen LogP contribution is -2.06. The number of thiophene rings is 1. The lowest BCUT2D eigenvalue weighted by Gasteiger charge is -2.11. The second kappa shape index (κ2) is 9.32. The van der Waals surface area contributed by atoms with Crippen molar-refractivity contribution in [1.82, 2.24) is 19.5 Å². The molecule has 0 atom stereocenters. The van der Waals surface area contributed by atoms with Crippen LogP contribution >= 0.6 is 11.3 Å². The van der Waals surface area contributed by atoms with E-state index in [0.29, 0.717) is 17.6 Å². The third kappa shape index (κ3) is 3.63. The van der Waals surface area contributed by atoms with E-state index in [4.69, 9.17) is 19.4 Å². The number of aromatic nitrogens is 4. The highest BCUT2D eigenvalue weighted by molar-refractivity contribution is 7.26. The van der Waals surface area contributed by atoms with Crippen molar-refractivity contribution in [2.75, 3.05) is 0 Å². The summed E-state index contributed by atoms with van der Waals surface area (Å²) >= 11 is 1.78. The van der Waals surface area contributed by atoms with Crippen molar-refractivity contribution in [2.45, 2.75) is 0 Å². The van der Waals surface area contributed by atoms with Crippen molar-refractivity contribution in [3.05, 3.63) is 133 Å². The number of rotatable bonds is 3. The molecular formula is C39H22N4OS. The Kier molecular flexibility index (Phi) is 5.09. The Morgan fingerprint density at radius 3 is 2.13 bits per heavy atom. The lowest BCUT2D eigenvalue weighted by atomic mass is 10.1. The molecule has 210 valence electrons. The van der Waals surface area contributed by atoms with Crippen molar-refractivity contribution in [3.8, 4) is 28.7 Å². The largest absolute Gasteiger partial charge is 0.456 e. The Morgan fingerprint density at radius 2 is 1.22 bits per heavy atom. The molecule has 0 aliphatic rings. The number of fused-ring (bicyclic) bond motifs is 9. The number of benzene rings is 6. The number of para-hydroxylation sites is 2. The van der Waals surface area contributed by atoms with Crippen molar-refractivity contribution >= 4 is 75.3 Å². The molecule has 0 amide bonds. The molecule has 0 aliphatic carbocycles. The fraction of sp³-hybridized carbons (Fsp3) is 0. The van der Waals surface area contributed by atoms with Gasteiger partial charge >= 0.3 is 0 Å². The fourth-order valence-corrected chi connectivity index (χ4v) is 7.84. The maximum atomic E-state index is 6.35. The Bertz CT molecular complexity index is 2770. The maximum absolute atomic E-state index is 6.35. The van der Waals surface area contributed by atoms with E-state index in [1.54, 1.807) is 11.3 Å². The normalized spacial score (nSPS) is 12.0. The van der Waals surface area contributed by atoms with Gasteiger partial charge in [-0.25, -0.2) is 4.98 Å². The number of nitrogens with zero attached hydrogens (tertiary/aromatic N) is 4. The fourth-order valence-electron chi connectivity index (χ4n) is 6.63. The van der Waals surface area contributed by atoms with Gasteiger partial charge in [-0.05, 0) is 30.3 Å². The molecule has 0 spiro atoms. The molecule has 45 heavy (non-hydrogen) atoms. The van der Waals surface area contributed by atoms with Crippen LogP contribution in [-0.2, 0) is 0 Å². The van der Waals surface area contributed by atoms with Gasteiger partial charge in [-0.2, -0.15) is 9.97 Å². The molecule has 0 saturated carbocycles. The molecule has 6 heteroatoms. The Labute approximate surface area is 260 Å². The van der Waals surface area contributed by atoms with Crippen LogP contribution in [0.2, 0.25) is 0 Å². The monoisotopic (exact) mass is 594 g/mol. The van der Waals surface area contributed by atoms with Crippen LogP contribution in [0, 0.1) is 0 Å². The summed E-state index contributed by atoms with van der Waals surface area (Å²) in [6.07, 6.45) is 0. The lowest BCUT2D eigenvalue weighted by molar-refractivity contribution is 0.669. The molecule has 0 aliphatic heterocycles. The van der Waals surface area contributed by atoms with Crippen LogP contribution in [0.1, 0.15) is 0 Å². The molecule has 0 bridgehead atoms. The predicted octanol–water partition coefficient (Wildman–Crippen LogP) is 10.6. The maximum Gasteiger partial charge on any atom is 0.238 e. The van der Waals surface area contributed by atoms with Gasteiger partial charge in [0, 0.05) is 58.9 Å². The van der Waals surface area contributed by atoms with Crippen LogP contribution < -0.4 is 0 Å². The first kappa shape index (κ1) is 24.6. The SMILES string of the molecule is c1ccc(-c2nc(-c3cccc4c3sc3ccccc34)nc(-n3c4ccccc4c4cc5c(cc43)oc3ccccc35)n2)cc1. The summed E-state index contributed by atoms with van der Waals surface area (Å²) in [6, 6.07) is 46.1. The Hall–Kier alpha value is -5.85. The molecule has 4 aromatic heterocycles. The van der Waals surface area contributed by atoms with E-state index >= 15 is 0 Å². The quantitative estimate of drug-likeness (QED) is 0.204. The van der Waals surface area contributed by atoms with Gasteiger partial charge in [-0.3, -0.25) is 4.57 Å². The minimum Gasteiger partial charge on any atom is -0.456 e. The van der Waals surface area contributed by atoms with E-state index < -0.39 is 0 Å². The van der Waals surface area contributed by atoms with Gasteiger partial charge in [0.25, 0.3) is 0 Å². The van der Waals surface area contributed by atoms with Crippen LogP contribution in [0.25, 0.3) is 92.6 Å². The molecule has 6 aromatic carbocycles. The van der Waals surface area contributed by atoms with Gasteiger partial charge in [0.15, 0.2) is 11.6 Å². The molecule has 4 heterocycles. The van der Waals surface area contributed by atoms with Gasteiger partial charge in [0.2, 0.25) is 5.95 Å². The van der Waals surface area contributed by atoms with E-state index in [0.717, 1.165) is 54.9 Å². The smallest absolute Gasteiger partial charge is 0.238 e. The number of furan rings is 1. The molecule has 0 N–H and O–H groups in total. The van der Waals surface area contributed by atoms with E-state index in [1.807, 2.05) is 42.5 Å². The molecule has 10 aromatic rings. The summed E-state index contributed by atoms with van der Waals surface area (Å²) in [6.45, 7) is 0. The van der Waals surface area contributed by atoms with Crippen LogP contribution in [0.3, 0.4) is 0 Å². The average Bonchev–Trinajstić information content (AvgIpc) is 3.76. The minimum atomic E-state index is 0.568. The predicted molar refractivity (Wildman–Crippen MR) is 185 cm³/mol. The van der Waals surface area contributed by atoms with Gasteiger partial charge in [0.1, 0.15) is 11.2 Å². The molecule has 0 fully saturated rings. The second-order valence-electron chi connectivity index (χ2n) is 11.2. The first-order chi connectivity index (χ1) is 22.3. The van der Waals surface area contributed by atoms with Gasteiger partial charge in [-0.15, -0.1) is 11.3 Å². The standard InChI is InChI=1S/C39H22N4OS/c1-2-11-23(12-3-1)37-40-38(28-17-10-16-27-26-15-6-9-20-35(26)45-36(27)28)42-39(41-37)43-31-18-7-4-13-24(31)29-21-30-25-14-5-8-19-33(25)44-34(30)22-32(29)43/h1-22H. The first-order valence-electron chi connectivity index (χ1n) is 14.9. The second-order valence-corrected chi connectivity index (χ2v) is 12.3. The highest BCUT2D eigenvalue weighted by Gasteiger charge is 2.21. The highest BCUT2D eigenvalue weighted by atomic mass is 32.1. The third-order valence-electron chi connectivity index (χ3n) is 8.67. The van der Waals surface area contributed by atoms with Crippen LogP contribution in [0.5, 0.6) is 0 Å². The zero-order chi connectivity index (χ0) is 29.5. The van der Waals surface area contributed by atoms with Crippen LogP contribution in [0.4, 0.5) is 0 Å². The van der Waals surface area contributed by atoms with Gasteiger partial charge in [-0.1, -0.05) is 97.1 Å². The molecule has 0 saturated heterocycles. The van der Waals surface area contributed by atoms with Crippen molar-refractivity contribution < 1.29 is 4.42 Å². The summed E-state index contributed by atoms with van der Waals surface area (Å²) in [5.41, 5.74) is 5.66. The van der Waals surface area contributed by atoms with Crippen LogP contribution in [0.15, 0.2) is 138 Å². The first-order valence-corrected chi connectivity index (χ1v) is 15.7.